The number of nitrogens with two attached hydrogens (primary N) is 1. The number of benzene rings is 1. The molecular weight excluding hydrogens is 170 g/mol. The van der Waals surface area contributed by atoms with Crippen molar-refractivity contribution in [1.82, 2.24) is 0 Å². The molecule has 0 saturated heterocycles. The zero-order chi connectivity index (χ0) is 8.97. The fraction of sp³-hybridized carbons (Fsp3) is 0.333. The van der Waals surface area contributed by atoms with Crippen molar-refractivity contribution in [3.63, 3.8) is 0 Å². The number of hydrogen-bond donors (Lipinski definition) is 1. The molecule has 0 aliphatic carbocycles. The maximum atomic E-state index is 5.64. The van der Waals surface area contributed by atoms with Crippen molar-refractivity contribution in [2.75, 3.05) is 18.6 Å². The molecule has 1 aromatic rings. The summed E-state index contributed by atoms with van der Waals surface area (Å²) in [7, 11) is 1.67. The SMILES string of the molecule is CCSc1cc(N)ccc1OC. The Morgan fingerprint density at radius 3 is 2.83 bits per heavy atom. The Bertz CT molecular complexity index is 263. The molecule has 0 fully saturated rings. The molecule has 12 heavy (non-hydrogen) atoms. The van der Waals surface area contributed by atoms with Crippen molar-refractivity contribution < 1.29 is 4.74 Å². The highest BCUT2D eigenvalue weighted by Gasteiger charge is 2.01. The van der Waals surface area contributed by atoms with E-state index in [1.807, 2.05) is 18.2 Å². The number of ether oxygens (including phenoxy) is 1. The second-order valence-electron chi connectivity index (χ2n) is 2.34. The smallest absolute Gasteiger partial charge is 0.132 e. The molecule has 3 heteroatoms. The third-order valence-electron chi connectivity index (χ3n) is 1.49. The van der Waals surface area contributed by atoms with Gasteiger partial charge in [-0.05, 0) is 24.0 Å². The molecule has 0 amide bonds. The van der Waals surface area contributed by atoms with E-state index in [1.165, 1.54) is 0 Å². The van der Waals surface area contributed by atoms with Crippen LogP contribution >= 0.6 is 11.8 Å². The van der Waals surface area contributed by atoms with Crippen LogP contribution in [0.3, 0.4) is 0 Å². The molecule has 0 aliphatic heterocycles. The lowest BCUT2D eigenvalue weighted by Crippen LogP contribution is -1.89. The fourth-order valence-electron chi connectivity index (χ4n) is 0.962. The van der Waals surface area contributed by atoms with Crippen molar-refractivity contribution in [3.8, 4) is 5.75 Å². The Hall–Kier alpha value is -0.830. The van der Waals surface area contributed by atoms with E-state index in [-0.39, 0.29) is 0 Å². The van der Waals surface area contributed by atoms with E-state index in [0.29, 0.717) is 0 Å². The van der Waals surface area contributed by atoms with Crippen molar-refractivity contribution >= 4 is 17.4 Å². The minimum atomic E-state index is 0.784. The molecule has 66 valence electrons. The molecule has 1 aromatic carbocycles. The normalized spacial score (nSPS) is 9.83. The number of nitrogen functional groups attached to an aromatic ring is 1. The zero-order valence-corrected chi connectivity index (χ0v) is 8.15. The summed E-state index contributed by atoms with van der Waals surface area (Å²) in [6, 6.07) is 5.68. The van der Waals surface area contributed by atoms with Crippen LogP contribution in [-0.4, -0.2) is 12.9 Å². The highest BCUT2D eigenvalue weighted by atomic mass is 32.2. The molecule has 0 heterocycles. The van der Waals surface area contributed by atoms with Gasteiger partial charge in [-0.1, -0.05) is 6.92 Å². The summed E-state index contributed by atoms with van der Waals surface area (Å²) >= 11 is 1.74. The van der Waals surface area contributed by atoms with Crippen LogP contribution in [0.2, 0.25) is 0 Å². The second-order valence-corrected chi connectivity index (χ2v) is 3.65. The number of methoxy groups -OCH3 is 1. The van der Waals surface area contributed by atoms with Gasteiger partial charge in [0.2, 0.25) is 0 Å². The Balaban J connectivity index is 2.95. The van der Waals surface area contributed by atoms with Crippen LogP contribution in [-0.2, 0) is 0 Å². The average Bonchev–Trinajstić information content (AvgIpc) is 2.05. The van der Waals surface area contributed by atoms with Crippen molar-refractivity contribution in [2.24, 2.45) is 0 Å². The average molecular weight is 183 g/mol. The van der Waals surface area contributed by atoms with E-state index in [9.17, 15) is 0 Å². The first-order chi connectivity index (χ1) is 5.77. The van der Waals surface area contributed by atoms with E-state index in [4.69, 9.17) is 10.5 Å². The maximum Gasteiger partial charge on any atom is 0.132 e. The van der Waals surface area contributed by atoms with Gasteiger partial charge in [0.15, 0.2) is 0 Å². The number of anilines is 1. The van der Waals surface area contributed by atoms with Crippen LogP contribution in [0, 0.1) is 0 Å². The van der Waals surface area contributed by atoms with Gasteiger partial charge in [0.1, 0.15) is 5.75 Å². The summed E-state index contributed by atoms with van der Waals surface area (Å²) in [5.74, 6) is 1.93. The van der Waals surface area contributed by atoms with Gasteiger partial charge >= 0.3 is 0 Å². The van der Waals surface area contributed by atoms with Gasteiger partial charge in [-0.25, -0.2) is 0 Å². The van der Waals surface area contributed by atoms with Crippen LogP contribution in [0.25, 0.3) is 0 Å². The Morgan fingerprint density at radius 1 is 1.50 bits per heavy atom. The van der Waals surface area contributed by atoms with Crippen LogP contribution in [0.15, 0.2) is 23.1 Å². The predicted molar refractivity (Wildman–Crippen MR) is 53.8 cm³/mol. The van der Waals surface area contributed by atoms with Crippen molar-refractivity contribution in [2.45, 2.75) is 11.8 Å². The highest BCUT2D eigenvalue weighted by molar-refractivity contribution is 7.99. The van der Waals surface area contributed by atoms with E-state index in [2.05, 4.69) is 6.92 Å². The molecule has 2 nitrogen and oxygen atoms in total. The monoisotopic (exact) mass is 183 g/mol. The first kappa shape index (κ1) is 9.26. The van der Waals surface area contributed by atoms with Crippen LogP contribution in [0.5, 0.6) is 5.75 Å². The summed E-state index contributed by atoms with van der Waals surface area (Å²) in [5, 5.41) is 0. The number of rotatable bonds is 3. The molecule has 0 bridgehead atoms. The molecule has 0 aromatic heterocycles. The summed E-state index contributed by atoms with van der Waals surface area (Å²) in [6.07, 6.45) is 0. The first-order valence-corrected chi connectivity index (χ1v) is 4.82. The molecule has 0 atom stereocenters. The summed E-state index contributed by atoms with van der Waals surface area (Å²) in [6.45, 7) is 2.10. The van der Waals surface area contributed by atoms with E-state index in [0.717, 1.165) is 22.1 Å². The number of thioether (sulfide) groups is 1. The lowest BCUT2D eigenvalue weighted by Gasteiger charge is -2.06. The molecular formula is C9H13NOS. The molecule has 2 N–H and O–H groups in total. The minimum absolute atomic E-state index is 0.784. The van der Waals surface area contributed by atoms with Crippen LogP contribution < -0.4 is 10.5 Å². The molecule has 1 rings (SSSR count). The predicted octanol–water partition coefficient (Wildman–Crippen LogP) is 2.39. The first-order valence-electron chi connectivity index (χ1n) is 3.84. The number of hydrogen-bond acceptors (Lipinski definition) is 3. The summed E-state index contributed by atoms with van der Waals surface area (Å²) in [5.41, 5.74) is 6.43. The van der Waals surface area contributed by atoms with E-state index >= 15 is 0 Å². The third kappa shape index (κ3) is 2.08. The van der Waals surface area contributed by atoms with E-state index in [1.54, 1.807) is 18.9 Å². The van der Waals surface area contributed by atoms with Gasteiger partial charge in [-0.2, -0.15) is 0 Å². The van der Waals surface area contributed by atoms with Gasteiger partial charge in [-0.15, -0.1) is 11.8 Å². The zero-order valence-electron chi connectivity index (χ0n) is 7.33. The standard InChI is InChI=1S/C9H13NOS/c1-3-12-9-6-7(10)4-5-8(9)11-2/h4-6H,3,10H2,1-2H3. The van der Waals surface area contributed by atoms with Gasteiger partial charge in [-0.3, -0.25) is 0 Å². The lowest BCUT2D eigenvalue weighted by atomic mass is 10.3. The largest absolute Gasteiger partial charge is 0.496 e. The van der Waals surface area contributed by atoms with Crippen molar-refractivity contribution in [3.05, 3.63) is 18.2 Å². The van der Waals surface area contributed by atoms with Crippen molar-refractivity contribution in [1.29, 1.82) is 0 Å². The summed E-state index contributed by atoms with van der Waals surface area (Å²) < 4.78 is 5.18. The quantitative estimate of drug-likeness (QED) is 0.577. The molecule has 0 unspecified atom stereocenters. The van der Waals surface area contributed by atoms with Gasteiger partial charge in [0.25, 0.3) is 0 Å². The minimum Gasteiger partial charge on any atom is -0.496 e. The van der Waals surface area contributed by atoms with E-state index < -0.39 is 0 Å². The summed E-state index contributed by atoms with van der Waals surface area (Å²) in [4.78, 5) is 1.11. The second kappa shape index (κ2) is 4.26. The van der Waals surface area contributed by atoms with Gasteiger partial charge in [0, 0.05) is 5.69 Å². The molecule has 0 aliphatic rings. The lowest BCUT2D eigenvalue weighted by molar-refractivity contribution is 0.405. The van der Waals surface area contributed by atoms with Gasteiger partial charge < -0.3 is 10.5 Å². The topological polar surface area (TPSA) is 35.2 Å². The molecule has 0 saturated carbocycles. The van der Waals surface area contributed by atoms with Crippen LogP contribution in [0.4, 0.5) is 5.69 Å². The van der Waals surface area contributed by atoms with Gasteiger partial charge in [0.05, 0.1) is 12.0 Å². The maximum absolute atomic E-state index is 5.64. The Kier molecular flexibility index (Phi) is 3.29. The third-order valence-corrected chi connectivity index (χ3v) is 2.41. The molecule has 0 radical (unpaired) electrons. The van der Waals surface area contributed by atoms with Crippen LogP contribution in [0.1, 0.15) is 6.92 Å². The fourth-order valence-corrected chi connectivity index (χ4v) is 1.79. The Labute approximate surface area is 77.1 Å². The Morgan fingerprint density at radius 2 is 2.25 bits per heavy atom. The highest BCUT2D eigenvalue weighted by Crippen LogP contribution is 2.30. The molecule has 0 spiro atoms.